The Kier molecular flexibility index (Phi) is 33.6. The van der Waals surface area contributed by atoms with E-state index >= 15 is 0 Å². The molecule has 4 aliphatic rings. The van der Waals surface area contributed by atoms with Gasteiger partial charge in [0.25, 0.3) is 43.7 Å². The molecule has 0 bridgehead atoms. The summed E-state index contributed by atoms with van der Waals surface area (Å²) in [5.74, 6) is -6.68. The van der Waals surface area contributed by atoms with Crippen LogP contribution in [0, 0.1) is 22.7 Å². The molecule has 2 saturated carbocycles. The van der Waals surface area contributed by atoms with Crippen LogP contribution in [0.3, 0.4) is 0 Å². The van der Waals surface area contributed by atoms with E-state index in [2.05, 4.69) is 61.2 Å². The number of pyridine rings is 2. The summed E-state index contributed by atoms with van der Waals surface area (Å²) in [4.78, 5) is 161. The Bertz CT molecular complexity index is 4590. The third-order valence-electron chi connectivity index (χ3n) is 20.1. The van der Waals surface area contributed by atoms with Gasteiger partial charge in [0, 0.05) is 62.2 Å². The standard InChI is InChI=1S/C40H51ClN8O8S.C29H37ClN6O6.C11H16N2O3S/c1-5-12-29(36(51)48-58(55,56)28-15-10-7-11-16-28)45-37(52)31-21-27(57-32-18-17-26(41)22-44-32)24-49(31)39(54)34(40(2,3)4)47-38(53)33(25-13-8-6-9-14-25)46-35(50)30-23-42-19-20-43-30;1-29(2,3)24(27(39)36-16-19(13-21(36)28(40)41)42-22-10-9-18(30)14-33-22)35-26(38)23(17-7-5-4-6-8-17)34-25(37)20-15-31-11-12-32-20;1-2-6-10(12)11(14)13-17(15,16)9-7-4-3-5-8-9/h7,10-11,15-20,22-23,25,27,29,31,33-34H,5-6,8-9,12-14,21,24H2,1-4H3,(H,45,52)(H,46,50)(H,47,53)(H,48,51);9-12,14-15,17,19,21,23-24H,4-8,13,16H2,1-3H3,(H,34,37)(H,35,38)(H,40,41);3-5,7-8,10H,2,6,12H2,1H3,(H,13,14)/t27-,29+,31+,33+,34-;19-,21+,23+,24-;10-/m110/s1. The molecule has 632 valence electrons. The predicted octanol–water partition coefficient (Wildman–Crippen LogP) is 7.06. The number of nitrogens with two attached hydrogens (primary N) is 1. The fourth-order valence-corrected chi connectivity index (χ4v) is 16.3. The number of carboxylic acid groups (broad SMARTS) is 1. The molecule has 6 aromatic rings. The van der Waals surface area contributed by atoms with Crippen LogP contribution in [-0.4, -0.2) is 194 Å². The average Bonchev–Trinajstić information content (AvgIpc) is 1.70. The number of hydrogen-bond donors (Lipinski definition) is 9. The second-order valence-corrected chi connectivity index (χ2v) is 35.5. The highest BCUT2D eigenvalue weighted by Gasteiger charge is 2.50. The van der Waals surface area contributed by atoms with Crippen LogP contribution in [0.15, 0.2) is 144 Å². The van der Waals surface area contributed by atoms with Gasteiger partial charge in [0.05, 0.1) is 51.4 Å². The zero-order valence-corrected chi connectivity index (χ0v) is 69.7. The van der Waals surface area contributed by atoms with Gasteiger partial charge in [0.1, 0.15) is 65.9 Å². The molecule has 2 aliphatic heterocycles. The molecule has 2 aliphatic carbocycles. The molecule has 37 heteroatoms. The number of amides is 9. The third kappa shape index (κ3) is 26.8. The van der Waals surface area contributed by atoms with Crippen LogP contribution in [0.5, 0.6) is 11.8 Å². The number of nitrogens with zero attached hydrogens (tertiary/aromatic N) is 8. The topological polar surface area (TPSA) is 472 Å². The van der Waals surface area contributed by atoms with E-state index in [0.717, 1.165) is 57.8 Å². The van der Waals surface area contributed by atoms with Gasteiger partial charge in [-0.3, -0.25) is 53.1 Å². The quantitative estimate of drug-likeness (QED) is 0.0227. The van der Waals surface area contributed by atoms with Gasteiger partial charge in [-0.2, -0.15) is 0 Å². The fraction of sp³-hybridized carbons (Fsp3) is 0.500. The first-order valence-corrected chi connectivity index (χ1v) is 42.6. The molecule has 2 aromatic carbocycles. The van der Waals surface area contributed by atoms with Gasteiger partial charge in [0.2, 0.25) is 41.3 Å². The Morgan fingerprint density at radius 3 is 1.27 bits per heavy atom. The van der Waals surface area contributed by atoms with Crippen LogP contribution >= 0.6 is 23.2 Å². The summed E-state index contributed by atoms with van der Waals surface area (Å²) < 4.78 is 65.6. The van der Waals surface area contributed by atoms with Crippen LogP contribution in [0.4, 0.5) is 0 Å². The first-order valence-electron chi connectivity index (χ1n) is 38.9. The summed E-state index contributed by atoms with van der Waals surface area (Å²) in [5, 5.41) is 24.9. The van der Waals surface area contributed by atoms with Gasteiger partial charge < -0.3 is 56.7 Å². The number of carbonyl (C=O) groups is 10. The highest BCUT2D eigenvalue weighted by Crippen LogP contribution is 2.34. The molecule has 9 amide bonds. The lowest BCUT2D eigenvalue weighted by Gasteiger charge is -2.37. The number of rotatable bonds is 29. The Labute approximate surface area is 691 Å². The second-order valence-electron chi connectivity index (χ2n) is 31.2. The first-order chi connectivity index (χ1) is 55.5. The number of halogens is 2. The predicted molar refractivity (Wildman–Crippen MR) is 431 cm³/mol. The maximum Gasteiger partial charge on any atom is 0.326 e. The highest BCUT2D eigenvalue weighted by molar-refractivity contribution is 7.90. The van der Waals surface area contributed by atoms with Gasteiger partial charge in [-0.1, -0.05) is 166 Å². The number of ether oxygens (including phenoxy) is 2. The Hall–Kier alpha value is -10.4. The van der Waals surface area contributed by atoms with Crippen molar-refractivity contribution in [3.63, 3.8) is 0 Å². The smallest absolute Gasteiger partial charge is 0.326 e. The SMILES string of the molecule is CC(C)(C)[C@H](NC(=O)[C@@H](NC(=O)c1cnccn1)C1CCCCC1)C(=O)N1C[C@H](Oc2ccc(Cl)cn2)C[C@H]1C(=O)O.CCC[C@H](N)C(=O)NS(=O)(=O)c1ccccc1.CCC[C@H](NC(=O)[C@@H]1C[C@@H](Oc2ccc(Cl)cn2)CN1C(=O)[C@@H](NC(=O)[C@@H](NC(=O)c1cnccn1)C1CCCCC1)C(C)(C)C)C(=O)NS(=O)(=O)c1ccccc1. The number of likely N-dealkylation sites (tertiary alicyclic amines) is 2. The number of hydrogen-bond acceptors (Lipinski definition) is 23. The largest absolute Gasteiger partial charge is 0.480 e. The van der Waals surface area contributed by atoms with Gasteiger partial charge >= 0.3 is 5.97 Å². The lowest BCUT2D eigenvalue weighted by molar-refractivity contribution is -0.151. The monoisotopic (exact) mass is 1690 g/mol. The Balaban J connectivity index is 0.000000251. The lowest BCUT2D eigenvalue weighted by atomic mass is 9.82. The minimum atomic E-state index is -4.25. The van der Waals surface area contributed by atoms with Crippen molar-refractivity contribution in [3.8, 4) is 11.8 Å². The van der Waals surface area contributed by atoms with Crippen LogP contribution in [0.1, 0.15) is 179 Å². The van der Waals surface area contributed by atoms with Gasteiger partial charge in [0.15, 0.2) is 0 Å². The summed E-state index contributed by atoms with van der Waals surface area (Å²) >= 11 is 11.9. The van der Waals surface area contributed by atoms with E-state index in [4.69, 9.17) is 38.4 Å². The van der Waals surface area contributed by atoms with Crippen molar-refractivity contribution < 1.29 is 79.4 Å². The number of nitrogens with one attached hydrogen (secondary N) is 7. The molecule has 6 heterocycles. The van der Waals surface area contributed by atoms with Crippen molar-refractivity contribution in [1.82, 2.24) is 75.7 Å². The molecular formula is C80H104Cl2N16O17S2. The lowest BCUT2D eigenvalue weighted by Crippen LogP contribution is -2.62. The molecule has 0 unspecified atom stereocenters. The van der Waals surface area contributed by atoms with Crippen LogP contribution < -0.4 is 51.2 Å². The molecule has 33 nitrogen and oxygen atoms in total. The molecular weight excluding hydrogens is 1590 g/mol. The van der Waals surface area contributed by atoms with Crippen molar-refractivity contribution in [2.45, 2.75) is 228 Å². The summed E-state index contributed by atoms with van der Waals surface area (Å²) in [7, 11) is -8.05. The molecule has 0 spiro atoms. The van der Waals surface area contributed by atoms with E-state index in [1.807, 2.05) is 11.6 Å². The number of benzene rings is 2. The molecule has 117 heavy (non-hydrogen) atoms. The number of carbonyl (C=O) groups excluding carboxylic acids is 9. The van der Waals surface area contributed by atoms with E-state index in [-0.39, 0.29) is 77.1 Å². The number of carboxylic acids is 1. The van der Waals surface area contributed by atoms with Crippen molar-refractivity contribution >= 4 is 102 Å². The fourth-order valence-electron chi connectivity index (χ4n) is 14.0. The maximum atomic E-state index is 14.8. The second kappa shape index (κ2) is 42.7. The van der Waals surface area contributed by atoms with E-state index in [0.29, 0.717) is 35.7 Å². The molecule has 2 saturated heterocycles. The first kappa shape index (κ1) is 92.2. The summed E-state index contributed by atoms with van der Waals surface area (Å²) in [5.41, 5.74) is 3.98. The summed E-state index contributed by atoms with van der Waals surface area (Å²) in [6.45, 7) is 14.3. The van der Waals surface area contributed by atoms with Gasteiger partial charge in [-0.05, 0) is 97.6 Å². The number of aromatic nitrogens is 6. The van der Waals surface area contributed by atoms with Gasteiger partial charge in [-0.15, -0.1) is 0 Å². The Morgan fingerprint density at radius 1 is 0.504 bits per heavy atom. The normalized spacial score (nSPS) is 18.8. The molecule has 0 radical (unpaired) electrons. The van der Waals surface area contributed by atoms with Crippen molar-refractivity contribution in [2.75, 3.05) is 13.1 Å². The van der Waals surface area contributed by atoms with Crippen molar-refractivity contribution in [3.05, 3.63) is 156 Å². The van der Waals surface area contributed by atoms with E-state index < -0.39 is 151 Å². The summed E-state index contributed by atoms with van der Waals surface area (Å²) in [6, 6.07) is 12.8. The molecule has 4 aromatic heterocycles. The van der Waals surface area contributed by atoms with E-state index in [1.165, 1.54) is 95.8 Å². The number of aliphatic carboxylic acids is 1. The maximum absolute atomic E-state index is 14.8. The highest BCUT2D eigenvalue weighted by atomic mass is 35.5. The van der Waals surface area contributed by atoms with Crippen molar-refractivity contribution in [1.29, 1.82) is 0 Å². The van der Waals surface area contributed by atoms with Crippen molar-refractivity contribution in [2.24, 2.45) is 28.4 Å². The van der Waals surface area contributed by atoms with E-state index in [9.17, 15) is 69.9 Å². The average molecular weight is 1700 g/mol. The molecule has 4 fully saturated rings. The number of sulfonamides is 2. The zero-order valence-electron chi connectivity index (χ0n) is 66.6. The van der Waals surface area contributed by atoms with E-state index in [1.54, 1.807) is 97.0 Å². The third-order valence-corrected chi connectivity index (χ3v) is 23.3. The molecule has 10 N–H and O–H groups in total. The van der Waals surface area contributed by atoms with Crippen LogP contribution in [0.2, 0.25) is 10.0 Å². The Morgan fingerprint density at radius 2 is 0.906 bits per heavy atom. The molecule has 10 rings (SSSR count). The summed E-state index contributed by atoms with van der Waals surface area (Å²) in [6.07, 6.45) is 20.0. The van der Waals surface area contributed by atoms with Gasteiger partial charge in [-0.25, -0.2) is 51.0 Å². The minimum absolute atomic E-state index is 0.00196. The van der Waals surface area contributed by atoms with Crippen LogP contribution in [0.25, 0.3) is 0 Å². The van der Waals surface area contributed by atoms with Crippen LogP contribution in [-0.2, 0) is 58.4 Å². The molecule has 10 atom stereocenters. The minimum Gasteiger partial charge on any atom is -0.480 e. The zero-order chi connectivity index (χ0) is 85.4.